The molecular formula is C27H23ClF2N4O4. The fourth-order valence-corrected chi connectivity index (χ4v) is 3.78. The van der Waals surface area contributed by atoms with Gasteiger partial charge in [0.25, 0.3) is 5.91 Å². The number of anilines is 1. The summed E-state index contributed by atoms with van der Waals surface area (Å²) in [7, 11) is 1.82. The zero-order valence-electron chi connectivity index (χ0n) is 20.3. The predicted octanol–water partition coefficient (Wildman–Crippen LogP) is 5.75. The molecule has 2 aromatic heterocycles. The van der Waals surface area contributed by atoms with Gasteiger partial charge in [-0.3, -0.25) is 9.78 Å². The summed E-state index contributed by atoms with van der Waals surface area (Å²) >= 11 is 5.93. The van der Waals surface area contributed by atoms with Crippen LogP contribution in [0.25, 0.3) is 10.9 Å². The van der Waals surface area contributed by atoms with E-state index < -0.39 is 23.3 Å². The van der Waals surface area contributed by atoms with Crippen molar-refractivity contribution in [2.24, 2.45) is 0 Å². The summed E-state index contributed by atoms with van der Waals surface area (Å²) in [5.41, 5.74) is 0.530. The van der Waals surface area contributed by atoms with E-state index in [-0.39, 0.29) is 34.0 Å². The highest BCUT2D eigenvalue weighted by molar-refractivity contribution is 6.29. The number of rotatable bonds is 10. The molecule has 0 bridgehead atoms. The highest BCUT2D eigenvalue weighted by Gasteiger charge is 2.26. The third-order valence-electron chi connectivity index (χ3n) is 5.66. The molecular weight excluding hydrogens is 518 g/mol. The lowest BCUT2D eigenvalue weighted by molar-refractivity contribution is 0.102. The van der Waals surface area contributed by atoms with Crippen LogP contribution in [0, 0.1) is 11.6 Å². The molecule has 11 heteroatoms. The van der Waals surface area contributed by atoms with Gasteiger partial charge in [0.15, 0.2) is 17.4 Å². The van der Waals surface area contributed by atoms with Gasteiger partial charge in [-0.1, -0.05) is 11.6 Å². The Morgan fingerprint density at radius 3 is 2.61 bits per heavy atom. The normalized spacial score (nSPS) is 12.8. The van der Waals surface area contributed by atoms with E-state index in [1.807, 2.05) is 7.05 Å². The van der Waals surface area contributed by atoms with Crippen LogP contribution in [-0.4, -0.2) is 42.2 Å². The standard InChI is InChI=1S/C27H23ClF2N4O4/c1-31-8-9-36-17-4-5-18-22(12-17)32-7-6-23(18)38-26-20(29)10-15(11-21(26)30)34-27(35)19-14-33-25(28)13-24(19)37-16-2-3-16/h4-7,10-14,16,31H,2-3,8-9H2,1H3,(H,34,35). The van der Waals surface area contributed by atoms with Crippen molar-refractivity contribution in [2.45, 2.75) is 18.9 Å². The third-order valence-corrected chi connectivity index (χ3v) is 5.87. The molecule has 1 amide bonds. The molecule has 8 nitrogen and oxygen atoms in total. The summed E-state index contributed by atoms with van der Waals surface area (Å²) in [6.45, 7) is 1.15. The van der Waals surface area contributed by atoms with Crippen LogP contribution in [0.5, 0.6) is 23.0 Å². The lowest BCUT2D eigenvalue weighted by atomic mass is 10.2. The van der Waals surface area contributed by atoms with E-state index in [1.54, 1.807) is 18.2 Å². The number of amides is 1. The van der Waals surface area contributed by atoms with Crippen LogP contribution in [-0.2, 0) is 0 Å². The first-order valence-corrected chi connectivity index (χ1v) is 12.3. The Labute approximate surface area is 221 Å². The maximum absolute atomic E-state index is 15.0. The molecule has 0 unspecified atom stereocenters. The van der Waals surface area contributed by atoms with Gasteiger partial charge in [-0.05, 0) is 38.1 Å². The number of halogens is 3. The van der Waals surface area contributed by atoms with E-state index in [9.17, 15) is 13.6 Å². The van der Waals surface area contributed by atoms with Crippen LogP contribution in [0.2, 0.25) is 5.15 Å². The van der Waals surface area contributed by atoms with Crippen molar-refractivity contribution in [3.63, 3.8) is 0 Å². The fourth-order valence-electron chi connectivity index (χ4n) is 3.64. The summed E-state index contributed by atoms with van der Waals surface area (Å²) in [6, 6.07) is 10.0. The number of hydrogen-bond donors (Lipinski definition) is 2. The first kappa shape index (κ1) is 25.6. The van der Waals surface area contributed by atoms with Crippen molar-refractivity contribution in [3.8, 4) is 23.0 Å². The zero-order valence-corrected chi connectivity index (χ0v) is 21.0. The highest BCUT2D eigenvalue weighted by atomic mass is 35.5. The molecule has 5 rings (SSSR count). The van der Waals surface area contributed by atoms with Crippen LogP contribution in [0.1, 0.15) is 23.2 Å². The topological polar surface area (TPSA) is 94.6 Å². The van der Waals surface area contributed by atoms with Crippen LogP contribution in [0.4, 0.5) is 14.5 Å². The van der Waals surface area contributed by atoms with E-state index in [4.69, 9.17) is 25.8 Å². The number of hydrogen-bond acceptors (Lipinski definition) is 7. The lowest BCUT2D eigenvalue weighted by Crippen LogP contribution is -2.15. The summed E-state index contributed by atoms with van der Waals surface area (Å²) < 4.78 is 47.0. The quantitative estimate of drug-likeness (QED) is 0.195. The number of ether oxygens (including phenoxy) is 3. The van der Waals surface area contributed by atoms with Crippen molar-refractivity contribution in [3.05, 3.63) is 77.2 Å². The molecule has 1 fully saturated rings. The molecule has 2 N–H and O–H groups in total. The Kier molecular flexibility index (Phi) is 7.52. The maximum Gasteiger partial charge on any atom is 0.261 e. The Hall–Kier alpha value is -4.02. The Bertz CT molecular complexity index is 1480. The zero-order chi connectivity index (χ0) is 26.6. The summed E-state index contributed by atoms with van der Waals surface area (Å²) in [5, 5.41) is 6.17. The maximum atomic E-state index is 15.0. The molecule has 0 aliphatic heterocycles. The van der Waals surface area contributed by atoms with Crippen LogP contribution < -0.4 is 24.8 Å². The Morgan fingerprint density at radius 1 is 1.08 bits per heavy atom. The number of fused-ring (bicyclic) bond motifs is 1. The van der Waals surface area contributed by atoms with Crippen LogP contribution in [0.3, 0.4) is 0 Å². The SMILES string of the molecule is CNCCOc1ccc2c(Oc3c(F)cc(NC(=O)c4cnc(Cl)cc4OC4CC4)cc3F)ccnc2c1. The number of nitrogens with zero attached hydrogens (tertiary/aromatic N) is 2. The van der Waals surface area contributed by atoms with Gasteiger partial charge in [0.05, 0.1) is 11.6 Å². The molecule has 0 spiro atoms. The van der Waals surface area contributed by atoms with Crippen molar-refractivity contribution in [1.29, 1.82) is 0 Å². The predicted molar refractivity (Wildman–Crippen MR) is 138 cm³/mol. The summed E-state index contributed by atoms with van der Waals surface area (Å²) in [4.78, 5) is 21.0. The molecule has 1 aliphatic rings. The van der Waals surface area contributed by atoms with Crippen molar-refractivity contribution in [1.82, 2.24) is 15.3 Å². The minimum atomic E-state index is -0.999. The first-order chi connectivity index (χ1) is 18.4. The van der Waals surface area contributed by atoms with E-state index in [0.29, 0.717) is 29.8 Å². The van der Waals surface area contributed by atoms with Crippen molar-refractivity contribution in [2.75, 3.05) is 25.5 Å². The minimum absolute atomic E-state index is 0.00748. The van der Waals surface area contributed by atoms with E-state index in [2.05, 4.69) is 20.6 Å². The largest absolute Gasteiger partial charge is 0.492 e. The second kappa shape index (κ2) is 11.2. The second-order valence-electron chi connectivity index (χ2n) is 8.59. The Balaban J connectivity index is 1.35. The molecule has 1 saturated carbocycles. The number of nitrogens with one attached hydrogen (secondary N) is 2. The molecule has 4 aromatic rings. The van der Waals surface area contributed by atoms with Crippen molar-refractivity contribution < 1.29 is 27.8 Å². The average Bonchev–Trinajstić information content (AvgIpc) is 3.70. The second-order valence-corrected chi connectivity index (χ2v) is 8.97. The van der Waals surface area contributed by atoms with Gasteiger partial charge in [0, 0.05) is 54.3 Å². The smallest absolute Gasteiger partial charge is 0.261 e. The number of carbonyl (C=O) groups excluding carboxylic acids is 1. The van der Waals surface area contributed by atoms with Gasteiger partial charge < -0.3 is 24.8 Å². The van der Waals surface area contributed by atoms with Gasteiger partial charge >= 0.3 is 0 Å². The van der Waals surface area contributed by atoms with E-state index in [0.717, 1.165) is 25.0 Å². The molecule has 0 atom stereocenters. The number of pyridine rings is 2. The molecule has 1 aliphatic carbocycles. The van der Waals surface area contributed by atoms with Crippen LogP contribution in [0.15, 0.2) is 54.9 Å². The number of aromatic nitrogens is 2. The van der Waals surface area contributed by atoms with Gasteiger partial charge in [-0.15, -0.1) is 0 Å². The summed E-state index contributed by atoms with van der Waals surface area (Å²) in [5.74, 6) is -2.19. The molecule has 0 radical (unpaired) electrons. The molecule has 0 saturated heterocycles. The summed E-state index contributed by atoms with van der Waals surface area (Å²) in [6.07, 6.45) is 4.48. The fraction of sp³-hybridized carbons (Fsp3) is 0.222. The third kappa shape index (κ3) is 5.92. The first-order valence-electron chi connectivity index (χ1n) is 11.9. The van der Waals surface area contributed by atoms with Gasteiger partial charge in [-0.25, -0.2) is 13.8 Å². The number of carbonyl (C=O) groups is 1. The lowest BCUT2D eigenvalue weighted by Gasteiger charge is -2.14. The van der Waals surface area contributed by atoms with Crippen molar-refractivity contribution >= 4 is 34.1 Å². The monoisotopic (exact) mass is 540 g/mol. The molecule has 2 aromatic carbocycles. The molecule has 38 heavy (non-hydrogen) atoms. The van der Waals surface area contributed by atoms with Gasteiger partial charge in [0.2, 0.25) is 0 Å². The highest BCUT2D eigenvalue weighted by Crippen LogP contribution is 2.35. The van der Waals surface area contributed by atoms with E-state index in [1.165, 1.54) is 24.5 Å². The van der Waals surface area contributed by atoms with Crippen LogP contribution >= 0.6 is 11.6 Å². The van der Waals surface area contributed by atoms with Gasteiger partial charge in [0.1, 0.15) is 34.6 Å². The average molecular weight is 541 g/mol. The molecule has 196 valence electrons. The molecule has 2 heterocycles. The minimum Gasteiger partial charge on any atom is -0.492 e. The number of likely N-dealkylation sites (N-methyl/N-ethyl adjacent to an activating group) is 1. The number of benzene rings is 2. The van der Waals surface area contributed by atoms with E-state index >= 15 is 0 Å². The Morgan fingerprint density at radius 2 is 1.87 bits per heavy atom. The van der Waals surface area contributed by atoms with Gasteiger partial charge in [-0.2, -0.15) is 0 Å².